The fraction of sp³-hybridized carbons (Fsp3) is 0.333. The Morgan fingerprint density at radius 1 is 1.12 bits per heavy atom. The third-order valence-electron chi connectivity index (χ3n) is 3.69. The number of likely N-dealkylation sites (N-methyl/N-ethyl adjacent to an activating group) is 1. The van der Waals surface area contributed by atoms with Crippen molar-refractivity contribution in [3.8, 4) is 0 Å². The number of nitrogens with zero attached hydrogens (tertiary/aromatic N) is 3. The van der Waals surface area contributed by atoms with Crippen molar-refractivity contribution < 1.29 is 9.59 Å². The number of anilines is 1. The first kappa shape index (κ1) is 17.8. The lowest BCUT2D eigenvalue weighted by atomic mass is 10.2. The summed E-state index contributed by atoms with van der Waals surface area (Å²) in [6.07, 6.45) is 0. The number of benzene rings is 1. The maximum Gasteiger partial charge on any atom is 0.277 e. The van der Waals surface area contributed by atoms with Gasteiger partial charge >= 0.3 is 0 Å². The Morgan fingerprint density at radius 3 is 2.21 bits per heavy atom. The van der Waals surface area contributed by atoms with Crippen molar-refractivity contribution in [2.75, 3.05) is 38.7 Å². The number of nitrogens with one attached hydrogen (secondary N) is 1. The number of rotatable bonds is 5. The summed E-state index contributed by atoms with van der Waals surface area (Å²) in [7, 11) is 2.00. The lowest BCUT2D eigenvalue weighted by Crippen LogP contribution is -2.51. The Balaban J connectivity index is 2.09. The molecule has 1 aliphatic rings. The summed E-state index contributed by atoms with van der Waals surface area (Å²) in [5.74, 6) is -0.809. The summed E-state index contributed by atoms with van der Waals surface area (Å²) < 4.78 is 0. The molecule has 1 aliphatic heterocycles. The molecular formula is C15H20N6O2S. The van der Waals surface area contributed by atoms with Crippen LogP contribution in [0, 0.1) is 0 Å². The van der Waals surface area contributed by atoms with Gasteiger partial charge in [-0.25, -0.2) is 0 Å². The van der Waals surface area contributed by atoms with Crippen LogP contribution in [0.5, 0.6) is 0 Å². The molecule has 0 unspecified atom stereocenters. The topological polar surface area (TPSA) is 117 Å². The number of carbonyl (C=O) groups excluding carboxylic acids is 2. The van der Waals surface area contributed by atoms with Crippen LogP contribution in [0.3, 0.4) is 0 Å². The molecule has 1 saturated heterocycles. The number of piperazine rings is 1. The van der Waals surface area contributed by atoms with Gasteiger partial charge in [0.2, 0.25) is 5.91 Å². The quantitative estimate of drug-likeness (QED) is 0.379. The number of hydrazone groups is 1. The molecule has 1 aromatic rings. The van der Waals surface area contributed by atoms with Crippen molar-refractivity contribution in [1.82, 2.24) is 9.80 Å². The summed E-state index contributed by atoms with van der Waals surface area (Å²) in [4.78, 5) is 27.3. The van der Waals surface area contributed by atoms with Crippen LogP contribution in [-0.4, -0.2) is 65.5 Å². The molecule has 24 heavy (non-hydrogen) atoms. The average Bonchev–Trinajstić information content (AvgIpc) is 2.55. The second kappa shape index (κ2) is 7.84. The predicted molar refractivity (Wildman–Crippen MR) is 96.9 cm³/mol. The minimum atomic E-state index is -0.515. The number of amides is 2. The van der Waals surface area contributed by atoms with Crippen LogP contribution in [0.1, 0.15) is 10.4 Å². The Morgan fingerprint density at radius 2 is 1.71 bits per heavy atom. The molecule has 0 atom stereocenters. The zero-order valence-corrected chi connectivity index (χ0v) is 14.2. The Kier molecular flexibility index (Phi) is 5.83. The van der Waals surface area contributed by atoms with E-state index in [1.54, 1.807) is 29.2 Å². The molecule has 8 nitrogen and oxygen atoms in total. The van der Waals surface area contributed by atoms with Gasteiger partial charge in [0.1, 0.15) is 4.99 Å². The van der Waals surface area contributed by atoms with Gasteiger partial charge in [0.25, 0.3) is 5.91 Å². The molecule has 2 amide bonds. The highest BCUT2D eigenvalue weighted by Gasteiger charge is 2.25. The first-order valence-corrected chi connectivity index (χ1v) is 7.80. The number of nitrogens with two attached hydrogens (primary N) is 2. The van der Waals surface area contributed by atoms with Gasteiger partial charge in [-0.2, -0.15) is 5.10 Å². The number of thiocarbonyl (C=S) groups is 1. The average molecular weight is 348 g/mol. The third kappa shape index (κ3) is 4.49. The van der Waals surface area contributed by atoms with Crippen molar-refractivity contribution >= 4 is 40.4 Å². The van der Waals surface area contributed by atoms with Crippen LogP contribution in [0.2, 0.25) is 0 Å². The molecule has 0 aliphatic carbocycles. The molecule has 0 bridgehead atoms. The van der Waals surface area contributed by atoms with Crippen LogP contribution >= 0.6 is 12.2 Å². The van der Waals surface area contributed by atoms with Gasteiger partial charge in [-0.05, 0) is 31.3 Å². The molecule has 0 aromatic heterocycles. The SMILES string of the molecule is CN1CCN(C(=O)/C(=N/Nc2ccc(C(N)=O)cc2)C(N)=S)CC1. The summed E-state index contributed by atoms with van der Waals surface area (Å²) in [6, 6.07) is 6.37. The van der Waals surface area contributed by atoms with Crippen molar-refractivity contribution in [3.05, 3.63) is 29.8 Å². The lowest BCUT2D eigenvalue weighted by molar-refractivity contribution is -0.125. The van der Waals surface area contributed by atoms with Gasteiger partial charge in [0, 0.05) is 31.7 Å². The molecule has 2 rings (SSSR count). The van der Waals surface area contributed by atoms with E-state index < -0.39 is 5.91 Å². The molecule has 1 heterocycles. The summed E-state index contributed by atoms with van der Waals surface area (Å²) in [6.45, 7) is 2.78. The zero-order valence-electron chi connectivity index (χ0n) is 13.4. The first-order valence-electron chi connectivity index (χ1n) is 7.39. The van der Waals surface area contributed by atoms with E-state index in [1.165, 1.54) is 0 Å². The van der Waals surface area contributed by atoms with Gasteiger partial charge in [-0.15, -0.1) is 0 Å². The number of carbonyl (C=O) groups is 2. The lowest BCUT2D eigenvalue weighted by Gasteiger charge is -2.32. The van der Waals surface area contributed by atoms with Crippen LogP contribution in [0.25, 0.3) is 0 Å². The molecule has 0 saturated carbocycles. The highest BCUT2D eigenvalue weighted by molar-refractivity contribution is 7.82. The second-order valence-corrected chi connectivity index (χ2v) is 5.91. The third-order valence-corrected chi connectivity index (χ3v) is 3.89. The minimum absolute atomic E-state index is 0.00790. The summed E-state index contributed by atoms with van der Waals surface area (Å²) in [5, 5.41) is 4.04. The molecule has 9 heteroatoms. The van der Waals surface area contributed by atoms with Gasteiger partial charge < -0.3 is 21.3 Å². The van der Waals surface area contributed by atoms with Gasteiger partial charge in [-0.1, -0.05) is 12.2 Å². The van der Waals surface area contributed by atoms with E-state index in [0.29, 0.717) is 24.3 Å². The van der Waals surface area contributed by atoms with E-state index in [1.807, 2.05) is 7.05 Å². The van der Waals surface area contributed by atoms with Crippen LogP contribution in [0.4, 0.5) is 5.69 Å². The minimum Gasteiger partial charge on any atom is -0.388 e. The van der Waals surface area contributed by atoms with E-state index in [4.69, 9.17) is 23.7 Å². The number of hydrogen-bond donors (Lipinski definition) is 3. The largest absolute Gasteiger partial charge is 0.388 e. The van der Waals surface area contributed by atoms with Gasteiger partial charge in [0.15, 0.2) is 5.71 Å². The molecule has 0 radical (unpaired) electrons. The molecule has 1 fully saturated rings. The Bertz CT molecular complexity index is 665. The van der Waals surface area contributed by atoms with Crippen LogP contribution < -0.4 is 16.9 Å². The van der Waals surface area contributed by atoms with Crippen LogP contribution in [-0.2, 0) is 4.79 Å². The maximum absolute atomic E-state index is 12.5. The van der Waals surface area contributed by atoms with E-state index >= 15 is 0 Å². The highest BCUT2D eigenvalue weighted by atomic mass is 32.1. The van der Waals surface area contributed by atoms with E-state index in [9.17, 15) is 9.59 Å². The standard InChI is InChI=1S/C15H20N6O2S/c1-20-6-8-21(9-7-20)15(23)12(14(17)24)19-18-11-4-2-10(3-5-11)13(16)22/h2-5,18H,6-9H2,1H3,(H2,16,22)(H2,17,24)/b19-12+. The highest BCUT2D eigenvalue weighted by Crippen LogP contribution is 2.09. The predicted octanol–water partition coefficient (Wildman–Crippen LogP) is -0.386. The zero-order chi connectivity index (χ0) is 17.7. The summed E-state index contributed by atoms with van der Waals surface area (Å²) in [5.41, 5.74) is 14.5. The maximum atomic E-state index is 12.5. The first-order chi connectivity index (χ1) is 11.4. The monoisotopic (exact) mass is 348 g/mol. The van der Waals surface area contributed by atoms with E-state index in [2.05, 4.69) is 15.4 Å². The normalized spacial score (nSPS) is 15.9. The van der Waals surface area contributed by atoms with Crippen LogP contribution in [0.15, 0.2) is 29.4 Å². The van der Waals surface area contributed by atoms with Crippen molar-refractivity contribution in [3.63, 3.8) is 0 Å². The number of primary amides is 1. The second-order valence-electron chi connectivity index (χ2n) is 5.47. The molecule has 5 N–H and O–H groups in total. The summed E-state index contributed by atoms with van der Waals surface area (Å²) >= 11 is 4.94. The van der Waals surface area contributed by atoms with Gasteiger partial charge in [0.05, 0.1) is 5.69 Å². The molecule has 128 valence electrons. The Hall–Kier alpha value is -2.52. The van der Waals surface area contributed by atoms with Gasteiger partial charge in [-0.3, -0.25) is 15.0 Å². The fourth-order valence-corrected chi connectivity index (χ4v) is 2.33. The Labute approximate surface area is 145 Å². The molecule has 0 spiro atoms. The molecular weight excluding hydrogens is 328 g/mol. The van der Waals surface area contributed by atoms with Crippen molar-refractivity contribution in [2.45, 2.75) is 0 Å². The number of hydrogen-bond acceptors (Lipinski definition) is 6. The molecule has 1 aromatic carbocycles. The smallest absolute Gasteiger partial charge is 0.277 e. The van der Waals surface area contributed by atoms with E-state index in [-0.39, 0.29) is 16.6 Å². The van der Waals surface area contributed by atoms with E-state index in [0.717, 1.165) is 13.1 Å². The fourth-order valence-electron chi connectivity index (χ4n) is 2.20. The van der Waals surface area contributed by atoms with Crippen molar-refractivity contribution in [2.24, 2.45) is 16.6 Å². The van der Waals surface area contributed by atoms with Crippen molar-refractivity contribution in [1.29, 1.82) is 0 Å².